The van der Waals surface area contributed by atoms with Crippen LogP contribution in [0.25, 0.3) is 0 Å². The number of aromatic nitrogens is 2. The van der Waals surface area contributed by atoms with Crippen molar-refractivity contribution in [1.82, 2.24) is 15.3 Å². The first-order valence-electron chi connectivity index (χ1n) is 7.66. The number of hydrogen-bond acceptors (Lipinski definition) is 5. The Bertz CT molecular complexity index is 698. The van der Waals surface area contributed by atoms with Crippen molar-refractivity contribution in [3.63, 3.8) is 0 Å². The maximum Gasteiger partial charge on any atom is 0.184 e. The number of aliphatic hydroxyl groups excluding tert-OH is 1. The molecule has 4 N–H and O–H groups in total. The van der Waals surface area contributed by atoms with Crippen LogP contribution >= 0.6 is 0 Å². The van der Waals surface area contributed by atoms with Crippen LogP contribution in [0.15, 0.2) is 42.3 Å². The Morgan fingerprint density at radius 2 is 2.25 bits per heavy atom. The summed E-state index contributed by atoms with van der Waals surface area (Å²) >= 11 is 0. The van der Waals surface area contributed by atoms with E-state index in [-0.39, 0.29) is 22.6 Å². The number of aromatic amines is 1. The first-order chi connectivity index (χ1) is 11.2. The molecule has 0 amide bonds. The maximum absolute atomic E-state index is 10.2. The number of nitriles is 1. The fourth-order valence-electron chi connectivity index (χ4n) is 1.84. The van der Waals surface area contributed by atoms with Gasteiger partial charge in [0.05, 0.1) is 11.4 Å². The third-order valence-corrected chi connectivity index (χ3v) is 3.23. The molecule has 0 aliphatic heterocycles. The van der Waals surface area contributed by atoms with Crippen molar-refractivity contribution in [3.8, 4) is 6.07 Å². The SMILES string of the molecule is C=C/C=C(/NC(O)c1nc(C#N)c[nH]1)C(=N)/C(C)=C/CC(C)(C)C. The van der Waals surface area contributed by atoms with Crippen molar-refractivity contribution >= 4 is 5.71 Å². The highest BCUT2D eigenvalue weighted by atomic mass is 16.3. The van der Waals surface area contributed by atoms with Crippen molar-refractivity contribution in [2.24, 2.45) is 5.41 Å². The number of H-pyrrole nitrogens is 1. The highest BCUT2D eigenvalue weighted by molar-refractivity contribution is 6.09. The Morgan fingerprint density at radius 1 is 1.58 bits per heavy atom. The summed E-state index contributed by atoms with van der Waals surface area (Å²) in [5.74, 6) is 0.214. The molecule has 6 heteroatoms. The molecule has 0 aromatic carbocycles. The minimum atomic E-state index is -1.16. The average molecular weight is 327 g/mol. The van der Waals surface area contributed by atoms with Crippen LogP contribution in [-0.2, 0) is 0 Å². The Morgan fingerprint density at radius 3 is 2.75 bits per heavy atom. The summed E-state index contributed by atoms with van der Waals surface area (Å²) in [6.45, 7) is 11.9. The first kappa shape index (κ1) is 19.4. The maximum atomic E-state index is 10.2. The molecule has 0 aliphatic carbocycles. The van der Waals surface area contributed by atoms with Crippen LogP contribution in [0, 0.1) is 22.2 Å². The van der Waals surface area contributed by atoms with Crippen molar-refractivity contribution in [2.75, 3.05) is 0 Å². The highest BCUT2D eigenvalue weighted by Gasteiger charge is 2.16. The lowest BCUT2D eigenvalue weighted by molar-refractivity contribution is 0.145. The van der Waals surface area contributed by atoms with Gasteiger partial charge in [0.2, 0.25) is 0 Å². The Labute approximate surface area is 143 Å². The van der Waals surface area contributed by atoms with Gasteiger partial charge in [0.25, 0.3) is 0 Å². The quantitative estimate of drug-likeness (QED) is 0.350. The molecule has 24 heavy (non-hydrogen) atoms. The lowest BCUT2D eigenvalue weighted by atomic mass is 9.90. The van der Waals surface area contributed by atoms with E-state index in [2.05, 4.69) is 42.6 Å². The van der Waals surface area contributed by atoms with Crippen molar-refractivity contribution in [3.05, 3.63) is 53.8 Å². The van der Waals surface area contributed by atoms with Gasteiger partial charge in [-0.15, -0.1) is 0 Å². The van der Waals surface area contributed by atoms with Gasteiger partial charge in [0, 0.05) is 6.20 Å². The van der Waals surface area contributed by atoms with Gasteiger partial charge in [0.1, 0.15) is 6.07 Å². The predicted octanol–water partition coefficient (Wildman–Crippen LogP) is 3.33. The van der Waals surface area contributed by atoms with E-state index in [1.165, 1.54) is 6.20 Å². The molecule has 1 rings (SSSR count). The molecular formula is C18H25N5O. The molecule has 1 aromatic heterocycles. The van der Waals surface area contributed by atoms with Gasteiger partial charge < -0.3 is 15.4 Å². The van der Waals surface area contributed by atoms with Crippen LogP contribution in [0.1, 0.15) is 51.9 Å². The molecule has 0 bridgehead atoms. The van der Waals surface area contributed by atoms with E-state index in [9.17, 15) is 5.11 Å². The van der Waals surface area contributed by atoms with Crippen molar-refractivity contribution < 1.29 is 5.11 Å². The van der Waals surface area contributed by atoms with Gasteiger partial charge in [-0.3, -0.25) is 5.41 Å². The summed E-state index contributed by atoms with van der Waals surface area (Å²) in [4.78, 5) is 6.68. The van der Waals surface area contributed by atoms with Gasteiger partial charge in [-0.25, -0.2) is 4.98 Å². The van der Waals surface area contributed by atoms with Gasteiger partial charge in [-0.2, -0.15) is 5.26 Å². The topological polar surface area (TPSA) is 109 Å². The fourth-order valence-corrected chi connectivity index (χ4v) is 1.84. The monoisotopic (exact) mass is 327 g/mol. The smallest absolute Gasteiger partial charge is 0.184 e. The van der Waals surface area contributed by atoms with Crippen LogP contribution < -0.4 is 5.32 Å². The zero-order chi connectivity index (χ0) is 18.3. The van der Waals surface area contributed by atoms with E-state index in [1.54, 1.807) is 12.2 Å². The van der Waals surface area contributed by atoms with Crippen LogP contribution in [-0.4, -0.2) is 20.8 Å². The minimum absolute atomic E-state index is 0.138. The molecule has 0 spiro atoms. The Hall–Kier alpha value is -2.65. The molecule has 128 valence electrons. The standard InChI is InChI=1S/C18H25N5O/c1-6-7-14(15(20)12(2)8-9-18(3,4)5)23-17(24)16-21-11-13(10-19)22-16/h6-8,11,17,20,23-24H,1,9H2,2-5H3,(H,21,22)/b12-8+,14-7+,20-15?. The minimum Gasteiger partial charge on any atom is -0.367 e. The second kappa shape index (κ2) is 8.27. The lowest BCUT2D eigenvalue weighted by Gasteiger charge is -2.18. The molecular weight excluding hydrogens is 302 g/mol. The van der Waals surface area contributed by atoms with Crippen LogP contribution in [0.2, 0.25) is 0 Å². The third kappa shape index (κ3) is 5.86. The summed E-state index contributed by atoms with van der Waals surface area (Å²) < 4.78 is 0. The summed E-state index contributed by atoms with van der Waals surface area (Å²) in [6.07, 6.45) is 6.27. The normalized spacial score (nSPS) is 14.0. The second-order valence-corrected chi connectivity index (χ2v) is 6.67. The molecule has 0 saturated carbocycles. The van der Waals surface area contributed by atoms with E-state index in [4.69, 9.17) is 10.7 Å². The molecule has 0 fully saturated rings. The summed E-state index contributed by atoms with van der Waals surface area (Å²) in [6, 6.07) is 1.89. The number of rotatable bonds is 7. The second-order valence-electron chi connectivity index (χ2n) is 6.67. The van der Waals surface area contributed by atoms with Crippen molar-refractivity contribution in [1.29, 1.82) is 10.7 Å². The summed E-state index contributed by atoms with van der Waals surface area (Å²) in [7, 11) is 0. The highest BCUT2D eigenvalue weighted by Crippen LogP contribution is 2.21. The predicted molar refractivity (Wildman–Crippen MR) is 95.2 cm³/mol. The third-order valence-electron chi connectivity index (χ3n) is 3.23. The summed E-state index contributed by atoms with van der Waals surface area (Å²) in [5.41, 5.74) is 1.82. The number of imidazole rings is 1. The first-order valence-corrected chi connectivity index (χ1v) is 7.66. The number of aliphatic hydroxyl groups is 1. The van der Waals surface area contributed by atoms with Crippen LogP contribution in [0.5, 0.6) is 0 Å². The van der Waals surface area contributed by atoms with Crippen molar-refractivity contribution in [2.45, 2.75) is 40.3 Å². The van der Waals surface area contributed by atoms with Gasteiger partial charge in [0.15, 0.2) is 17.7 Å². The molecule has 1 heterocycles. The average Bonchev–Trinajstić information content (AvgIpc) is 2.99. The number of nitrogens with zero attached hydrogens (tertiary/aromatic N) is 2. The zero-order valence-electron chi connectivity index (χ0n) is 14.6. The molecule has 0 radical (unpaired) electrons. The van der Waals surface area contributed by atoms with Crippen LogP contribution in [0.4, 0.5) is 0 Å². The number of allylic oxidation sites excluding steroid dienone is 4. The lowest BCUT2D eigenvalue weighted by Crippen LogP contribution is -2.26. The fraction of sp³-hybridized carbons (Fsp3) is 0.389. The van der Waals surface area contributed by atoms with Crippen LogP contribution in [0.3, 0.4) is 0 Å². The Kier molecular flexibility index (Phi) is 6.69. The summed E-state index contributed by atoms with van der Waals surface area (Å²) in [5, 5.41) is 30.1. The van der Waals surface area contributed by atoms with E-state index < -0.39 is 6.23 Å². The molecule has 1 aromatic rings. The van der Waals surface area contributed by atoms with Gasteiger partial charge >= 0.3 is 0 Å². The largest absolute Gasteiger partial charge is 0.367 e. The molecule has 1 atom stereocenters. The van der Waals surface area contributed by atoms with E-state index in [0.29, 0.717) is 5.70 Å². The zero-order valence-corrected chi connectivity index (χ0v) is 14.6. The molecule has 6 nitrogen and oxygen atoms in total. The number of nitrogens with one attached hydrogen (secondary N) is 3. The molecule has 1 unspecified atom stereocenters. The van der Waals surface area contributed by atoms with Gasteiger partial charge in [-0.1, -0.05) is 39.5 Å². The van der Waals surface area contributed by atoms with E-state index in [1.807, 2.05) is 19.1 Å². The number of hydrogen-bond donors (Lipinski definition) is 4. The Balaban J connectivity index is 2.90. The van der Waals surface area contributed by atoms with E-state index in [0.717, 1.165) is 12.0 Å². The van der Waals surface area contributed by atoms with E-state index >= 15 is 0 Å². The van der Waals surface area contributed by atoms with Gasteiger partial charge in [-0.05, 0) is 30.4 Å². The molecule has 0 saturated heterocycles. The molecule has 0 aliphatic rings.